The Morgan fingerprint density at radius 2 is 1.13 bits per heavy atom. The summed E-state index contributed by atoms with van der Waals surface area (Å²) in [5, 5.41) is 13.3. The first-order chi connectivity index (χ1) is 38.6. The van der Waals surface area contributed by atoms with Gasteiger partial charge in [0.25, 0.3) is 0 Å². The van der Waals surface area contributed by atoms with Crippen molar-refractivity contribution >= 4 is 68.8 Å². The lowest BCUT2D eigenvalue weighted by Gasteiger charge is -2.34. The number of anilines is 6. The van der Waals surface area contributed by atoms with Gasteiger partial charge >= 0.3 is 12.1 Å². The number of hydrogen-bond donors (Lipinski definition) is 4. The van der Waals surface area contributed by atoms with Crippen LogP contribution in [0.3, 0.4) is 0 Å². The fourth-order valence-corrected chi connectivity index (χ4v) is 9.96. The molecular weight excluding hydrogens is 1010 g/mol. The molecule has 4 aliphatic heterocycles. The van der Waals surface area contributed by atoms with Gasteiger partial charge in [0.15, 0.2) is 23.0 Å². The topological polar surface area (TPSA) is 221 Å². The van der Waals surface area contributed by atoms with E-state index in [0.717, 1.165) is 55.8 Å². The number of amides is 4. The van der Waals surface area contributed by atoms with Crippen molar-refractivity contribution < 1.29 is 47.5 Å². The minimum absolute atomic E-state index is 0.109. The summed E-state index contributed by atoms with van der Waals surface area (Å²) in [6, 6.07) is 20.1. The van der Waals surface area contributed by atoms with Crippen LogP contribution in [0.25, 0.3) is 21.8 Å². The molecular formula is C57H72N12O10. The van der Waals surface area contributed by atoms with Gasteiger partial charge in [-0.2, -0.15) is 9.97 Å². The van der Waals surface area contributed by atoms with Crippen LogP contribution in [0.1, 0.15) is 49.5 Å². The first-order valence-electron chi connectivity index (χ1n) is 27.3. The third-order valence-electron chi connectivity index (χ3n) is 14.5. The molecule has 0 spiro atoms. The molecule has 420 valence electrons. The van der Waals surface area contributed by atoms with Crippen LogP contribution in [0, 0.1) is 0 Å². The summed E-state index contributed by atoms with van der Waals surface area (Å²) in [5.41, 5.74) is 5.31. The molecule has 10 rings (SSSR count). The number of fused-ring (bicyclic) bond motifs is 2. The molecule has 0 saturated carbocycles. The second-order valence-electron chi connectivity index (χ2n) is 20.0. The average molecular weight is 1090 g/mol. The van der Waals surface area contributed by atoms with Crippen molar-refractivity contribution in [3.63, 3.8) is 0 Å². The van der Waals surface area contributed by atoms with E-state index < -0.39 is 18.2 Å². The van der Waals surface area contributed by atoms with E-state index in [1.807, 2.05) is 70.5 Å². The Bertz CT molecular complexity index is 3080. The summed E-state index contributed by atoms with van der Waals surface area (Å²) < 4.78 is 47.5. The highest BCUT2D eigenvalue weighted by Crippen LogP contribution is 2.38. The minimum Gasteiger partial charge on any atom is -0.493 e. The number of rotatable bonds is 19. The Kier molecular flexibility index (Phi) is 18.2. The number of ether oxygens (including phenoxy) is 8. The van der Waals surface area contributed by atoms with Crippen LogP contribution in [0.15, 0.2) is 66.7 Å². The van der Waals surface area contributed by atoms with Crippen LogP contribution in [-0.4, -0.2) is 181 Å². The van der Waals surface area contributed by atoms with Crippen LogP contribution in [0.2, 0.25) is 0 Å². The summed E-state index contributed by atoms with van der Waals surface area (Å²) >= 11 is 0. The molecule has 22 nitrogen and oxygen atoms in total. The largest absolute Gasteiger partial charge is 0.493 e. The van der Waals surface area contributed by atoms with Crippen LogP contribution >= 0.6 is 0 Å². The standard InChI is InChI=1S/C57H72N12O10/c1-6-38-8-7-9-41(28-38)58-56(70)64-53-44-33-50(78-26-15-67-12-21-75-22-13-67)48(73-5)35-46(44)61-55(63-53)69-18-27-79-51(36-69)40-29-39(37(2)3)30-42(31-40)59-57(71)65-52-43-32-49(77-25-14-66-10-19-74-20-11-66)47(72-4)34-45(43)60-54(62-52)68-16-23-76-24-17-68/h7-9,28-35,37,51H,6,10-27,36H2,1-5H3,(H2,58,61,63,64,70)(H2,59,60,62,65,71). The third kappa shape index (κ3) is 13.9. The second kappa shape index (κ2) is 26.1. The smallest absolute Gasteiger partial charge is 0.324 e. The lowest BCUT2D eigenvalue weighted by Crippen LogP contribution is -2.39. The molecule has 1 unspecified atom stereocenters. The summed E-state index contributed by atoms with van der Waals surface area (Å²) in [6.45, 7) is 18.2. The fraction of sp³-hybridized carbons (Fsp3) is 0.474. The zero-order valence-electron chi connectivity index (χ0n) is 45.8. The zero-order valence-corrected chi connectivity index (χ0v) is 45.8. The summed E-state index contributed by atoms with van der Waals surface area (Å²) in [4.78, 5) is 56.8. The van der Waals surface area contributed by atoms with Gasteiger partial charge in [-0.15, -0.1) is 0 Å². The highest BCUT2D eigenvalue weighted by atomic mass is 16.5. The van der Waals surface area contributed by atoms with Crippen molar-refractivity contribution in [2.75, 3.05) is 170 Å². The zero-order chi connectivity index (χ0) is 54.7. The van der Waals surface area contributed by atoms with Crippen molar-refractivity contribution in [3.8, 4) is 23.0 Å². The van der Waals surface area contributed by atoms with Crippen molar-refractivity contribution in [2.45, 2.75) is 39.2 Å². The Morgan fingerprint density at radius 3 is 1.67 bits per heavy atom. The highest BCUT2D eigenvalue weighted by molar-refractivity contribution is 6.06. The fourth-order valence-electron chi connectivity index (χ4n) is 9.96. The molecule has 0 radical (unpaired) electrons. The first kappa shape index (κ1) is 55.0. The highest BCUT2D eigenvalue weighted by Gasteiger charge is 2.28. The lowest BCUT2D eigenvalue weighted by molar-refractivity contribution is 0.0320. The molecule has 4 amide bonds. The quantitative estimate of drug-likeness (QED) is 0.0621. The third-order valence-corrected chi connectivity index (χ3v) is 14.5. The minimum atomic E-state index is -0.496. The van der Waals surface area contributed by atoms with Crippen LogP contribution in [-0.2, 0) is 25.4 Å². The first-order valence-corrected chi connectivity index (χ1v) is 27.3. The molecule has 4 N–H and O–H groups in total. The number of aromatic nitrogens is 4. The van der Waals surface area contributed by atoms with Crippen molar-refractivity contribution in [1.82, 2.24) is 29.7 Å². The maximum Gasteiger partial charge on any atom is 0.324 e. The van der Waals surface area contributed by atoms with E-state index in [2.05, 4.69) is 57.9 Å². The Hall–Kier alpha value is -7.34. The number of nitrogens with zero attached hydrogens (tertiary/aromatic N) is 8. The van der Waals surface area contributed by atoms with Crippen molar-refractivity contribution in [3.05, 3.63) is 83.4 Å². The Balaban J connectivity index is 0.906. The molecule has 4 aromatic carbocycles. The summed E-state index contributed by atoms with van der Waals surface area (Å²) in [5.74, 6) is 3.62. The number of hydrogen-bond acceptors (Lipinski definition) is 18. The van der Waals surface area contributed by atoms with Gasteiger partial charge in [-0.3, -0.25) is 20.4 Å². The van der Waals surface area contributed by atoms with E-state index in [1.165, 1.54) is 0 Å². The second-order valence-corrected chi connectivity index (χ2v) is 20.0. The molecule has 6 aromatic rings. The average Bonchev–Trinajstić information content (AvgIpc) is 3.52. The number of aryl methyl sites for hydroxylation is 1. The number of methoxy groups -OCH3 is 2. The van der Waals surface area contributed by atoms with Crippen LogP contribution in [0.5, 0.6) is 23.0 Å². The van der Waals surface area contributed by atoms with E-state index >= 15 is 0 Å². The predicted octanol–water partition coefficient (Wildman–Crippen LogP) is 7.40. The molecule has 1 atom stereocenters. The van der Waals surface area contributed by atoms with Crippen molar-refractivity contribution in [2.24, 2.45) is 0 Å². The number of nitrogens with one attached hydrogen (secondary N) is 4. The molecule has 6 heterocycles. The molecule has 4 saturated heterocycles. The number of morpholine rings is 4. The number of carbonyl (C=O) groups excluding carboxylic acids is 2. The molecule has 4 fully saturated rings. The van der Waals surface area contributed by atoms with Gasteiger partial charge in [0, 0.05) is 93.2 Å². The van der Waals surface area contributed by atoms with E-state index in [4.69, 9.17) is 57.8 Å². The van der Waals surface area contributed by atoms with E-state index in [1.54, 1.807) is 14.2 Å². The maximum atomic E-state index is 14.3. The molecule has 0 bridgehead atoms. The van der Waals surface area contributed by atoms with Gasteiger partial charge in [-0.05, 0) is 65.4 Å². The maximum absolute atomic E-state index is 14.3. The van der Waals surface area contributed by atoms with Gasteiger partial charge in [-0.1, -0.05) is 39.0 Å². The lowest BCUT2D eigenvalue weighted by atomic mass is 9.97. The number of urea groups is 2. The normalized spacial score (nSPS) is 17.4. The molecule has 4 aliphatic rings. The van der Waals surface area contributed by atoms with Crippen molar-refractivity contribution in [1.29, 1.82) is 0 Å². The molecule has 2 aromatic heterocycles. The number of benzene rings is 4. The summed E-state index contributed by atoms with van der Waals surface area (Å²) in [6.07, 6.45) is 0.377. The Morgan fingerprint density at radius 1 is 0.595 bits per heavy atom. The molecule has 0 aliphatic carbocycles. The van der Waals surface area contributed by atoms with Crippen LogP contribution < -0.4 is 50.0 Å². The van der Waals surface area contributed by atoms with E-state index in [9.17, 15) is 9.59 Å². The summed E-state index contributed by atoms with van der Waals surface area (Å²) in [7, 11) is 3.19. The van der Waals surface area contributed by atoms with Gasteiger partial charge < -0.3 is 58.3 Å². The van der Waals surface area contributed by atoms with Gasteiger partial charge in [0.2, 0.25) is 11.9 Å². The van der Waals surface area contributed by atoms with E-state index in [-0.39, 0.29) is 5.92 Å². The van der Waals surface area contributed by atoms with Gasteiger partial charge in [-0.25, -0.2) is 19.6 Å². The Labute approximate surface area is 460 Å². The van der Waals surface area contributed by atoms with Crippen LogP contribution in [0.4, 0.5) is 44.5 Å². The van der Waals surface area contributed by atoms with E-state index in [0.29, 0.717) is 172 Å². The predicted molar refractivity (Wildman–Crippen MR) is 303 cm³/mol. The molecule has 79 heavy (non-hydrogen) atoms. The molecule has 22 heteroatoms. The number of carbonyl (C=O) groups is 2. The van der Waals surface area contributed by atoms with Gasteiger partial charge in [0.05, 0.1) is 78.0 Å². The monoisotopic (exact) mass is 1080 g/mol. The van der Waals surface area contributed by atoms with Gasteiger partial charge in [0.1, 0.15) is 31.0 Å². The SMILES string of the molecule is CCc1cccc(NC(=O)Nc2nc(N3CCOC(c4cc(NC(=O)Nc5nc(N6CCOCC6)nc6cc(OC)c(OCCN7CCOCC7)cc56)cc(C(C)C)c4)C3)nc3cc(OC)c(OCCN4CCOCC4)cc23)c1.